The summed E-state index contributed by atoms with van der Waals surface area (Å²) >= 11 is 0. The number of aromatic nitrogens is 2. The zero-order valence-corrected chi connectivity index (χ0v) is 11.5. The van der Waals surface area contributed by atoms with Gasteiger partial charge in [0.2, 0.25) is 11.8 Å². The van der Waals surface area contributed by atoms with Crippen LogP contribution in [0.2, 0.25) is 0 Å². The minimum atomic E-state index is -4.55. The van der Waals surface area contributed by atoms with Gasteiger partial charge in [-0.1, -0.05) is 39.0 Å². The molecule has 114 valence electrons. The molecule has 1 aromatic heterocycles. The maximum atomic E-state index is 12.5. The fourth-order valence-corrected chi connectivity index (χ4v) is 1.72. The first-order chi connectivity index (χ1) is 9.43. The van der Waals surface area contributed by atoms with Gasteiger partial charge in [0.05, 0.1) is 6.61 Å². The fraction of sp³-hybridized carbons (Fsp3) is 0.692. The second-order valence-corrected chi connectivity index (χ2v) is 4.56. The first-order valence-electron chi connectivity index (χ1n) is 6.78. The molecule has 0 fully saturated rings. The van der Waals surface area contributed by atoms with Gasteiger partial charge in [0, 0.05) is 6.07 Å². The fourth-order valence-electron chi connectivity index (χ4n) is 1.72. The monoisotopic (exact) mass is 291 g/mol. The third-order valence-electron chi connectivity index (χ3n) is 2.76. The number of rotatable bonds is 8. The third kappa shape index (κ3) is 6.08. The number of nitrogen functional groups attached to an aromatic ring is 1. The smallest absolute Gasteiger partial charge is 0.433 e. The highest BCUT2D eigenvalue weighted by molar-refractivity contribution is 5.27. The van der Waals surface area contributed by atoms with Crippen LogP contribution in [-0.4, -0.2) is 16.6 Å². The summed E-state index contributed by atoms with van der Waals surface area (Å²) in [7, 11) is 0. The SMILES string of the molecule is CCCCCCCCOc1cc(C(F)(F)F)nc(N)n1. The normalized spacial score (nSPS) is 11.6. The number of alkyl halides is 3. The Kier molecular flexibility index (Phi) is 6.54. The Bertz CT molecular complexity index is 410. The second kappa shape index (κ2) is 7.91. The van der Waals surface area contributed by atoms with Crippen molar-refractivity contribution in [2.75, 3.05) is 12.3 Å². The van der Waals surface area contributed by atoms with E-state index >= 15 is 0 Å². The Labute approximate surface area is 116 Å². The summed E-state index contributed by atoms with van der Waals surface area (Å²) < 4.78 is 42.7. The second-order valence-electron chi connectivity index (χ2n) is 4.56. The molecule has 7 heteroatoms. The van der Waals surface area contributed by atoms with E-state index in [1.54, 1.807) is 0 Å². The summed E-state index contributed by atoms with van der Waals surface area (Å²) in [5, 5.41) is 0. The van der Waals surface area contributed by atoms with Crippen LogP contribution in [0.25, 0.3) is 0 Å². The van der Waals surface area contributed by atoms with Crippen molar-refractivity contribution in [2.24, 2.45) is 0 Å². The van der Waals surface area contributed by atoms with Crippen molar-refractivity contribution in [3.63, 3.8) is 0 Å². The van der Waals surface area contributed by atoms with Crippen molar-refractivity contribution in [1.29, 1.82) is 0 Å². The van der Waals surface area contributed by atoms with Gasteiger partial charge in [-0.05, 0) is 6.42 Å². The van der Waals surface area contributed by atoms with Gasteiger partial charge < -0.3 is 10.5 Å². The van der Waals surface area contributed by atoms with E-state index in [1.807, 2.05) is 0 Å². The van der Waals surface area contributed by atoms with Crippen LogP contribution in [0, 0.1) is 0 Å². The summed E-state index contributed by atoms with van der Waals surface area (Å²) in [6.07, 6.45) is 1.90. The standard InChI is InChI=1S/C13H20F3N3O/c1-2-3-4-5-6-7-8-20-11-9-10(13(14,15)16)18-12(17)19-11/h9H,2-8H2,1H3,(H2,17,18,19). The molecule has 2 N–H and O–H groups in total. The maximum Gasteiger partial charge on any atom is 0.433 e. The molecule has 20 heavy (non-hydrogen) atoms. The minimum absolute atomic E-state index is 0.126. The molecule has 0 bridgehead atoms. The zero-order chi connectivity index (χ0) is 15.0. The molecule has 0 aliphatic rings. The van der Waals surface area contributed by atoms with Gasteiger partial charge in [-0.3, -0.25) is 0 Å². The third-order valence-corrected chi connectivity index (χ3v) is 2.76. The molecule has 0 aliphatic heterocycles. The van der Waals surface area contributed by atoms with Crippen LogP contribution in [-0.2, 0) is 6.18 Å². The highest BCUT2D eigenvalue weighted by atomic mass is 19.4. The molecule has 1 heterocycles. The van der Waals surface area contributed by atoms with E-state index in [9.17, 15) is 13.2 Å². The van der Waals surface area contributed by atoms with Crippen LogP contribution in [0.4, 0.5) is 19.1 Å². The van der Waals surface area contributed by atoms with E-state index in [1.165, 1.54) is 19.3 Å². The van der Waals surface area contributed by atoms with Gasteiger partial charge in [0.25, 0.3) is 0 Å². The van der Waals surface area contributed by atoms with Crippen LogP contribution in [0.5, 0.6) is 5.88 Å². The van der Waals surface area contributed by atoms with E-state index in [0.29, 0.717) is 6.61 Å². The Morgan fingerprint density at radius 2 is 1.75 bits per heavy atom. The van der Waals surface area contributed by atoms with Crippen LogP contribution >= 0.6 is 0 Å². The lowest BCUT2D eigenvalue weighted by Crippen LogP contribution is -2.12. The predicted octanol–water partition coefficient (Wildman–Crippen LogP) is 3.82. The van der Waals surface area contributed by atoms with E-state index in [0.717, 1.165) is 25.3 Å². The molecule has 0 radical (unpaired) electrons. The summed E-state index contributed by atoms with van der Waals surface area (Å²) in [6.45, 7) is 2.47. The molecular formula is C13H20F3N3O. The molecule has 0 atom stereocenters. The van der Waals surface area contributed by atoms with Gasteiger partial charge in [-0.15, -0.1) is 0 Å². The van der Waals surface area contributed by atoms with Crippen LogP contribution in [0.15, 0.2) is 6.07 Å². The largest absolute Gasteiger partial charge is 0.478 e. The number of unbranched alkanes of at least 4 members (excludes halogenated alkanes) is 5. The number of hydrogen-bond donors (Lipinski definition) is 1. The Hall–Kier alpha value is -1.53. The zero-order valence-electron chi connectivity index (χ0n) is 11.5. The van der Waals surface area contributed by atoms with Gasteiger partial charge in [-0.25, -0.2) is 4.98 Å². The van der Waals surface area contributed by atoms with Gasteiger partial charge >= 0.3 is 6.18 Å². The van der Waals surface area contributed by atoms with Crippen molar-refractivity contribution in [2.45, 2.75) is 51.6 Å². The van der Waals surface area contributed by atoms with Crippen LogP contribution in [0.3, 0.4) is 0 Å². The maximum absolute atomic E-state index is 12.5. The molecule has 0 spiro atoms. The molecule has 1 aromatic rings. The Morgan fingerprint density at radius 1 is 1.10 bits per heavy atom. The number of hydrogen-bond acceptors (Lipinski definition) is 4. The summed E-state index contributed by atoms with van der Waals surface area (Å²) in [6, 6.07) is 0.771. The van der Waals surface area contributed by atoms with Crippen molar-refractivity contribution >= 4 is 5.95 Å². The van der Waals surface area contributed by atoms with Crippen molar-refractivity contribution in [3.8, 4) is 5.88 Å². The van der Waals surface area contributed by atoms with Crippen molar-refractivity contribution in [1.82, 2.24) is 9.97 Å². The van der Waals surface area contributed by atoms with E-state index in [-0.39, 0.29) is 5.88 Å². The number of ether oxygens (including phenoxy) is 1. The topological polar surface area (TPSA) is 61.0 Å². The summed E-state index contributed by atoms with van der Waals surface area (Å²) in [5.74, 6) is -0.559. The molecular weight excluding hydrogens is 271 g/mol. The number of nitrogens with two attached hydrogens (primary N) is 1. The van der Waals surface area contributed by atoms with Crippen molar-refractivity contribution in [3.05, 3.63) is 11.8 Å². The molecule has 0 saturated carbocycles. The van der Waals surface area contributed by atoms with Crippen LogP contribution in [0.1, 0.15) is 51.1 Å². The van der Waals surface area contributed by atoms with Gasteiger partial charge in [0.1, 0.15) is 0 Å². The highest BCUT2D eigenvalue weighted by Gasteiger charge is 2.33. The Balaban J connectivity index is 2.39. The minimum Gasteiger partial charge on any atom is -0.478 e. The lowest BCUT2D eigenvalue weighted by atomic mass is 10.1. The average molecular weight is 291 g/mol. The Morgan fingerprint density at radius 3 is 2.40 bits per heavy atom. The van der Waals surface area contributed by atoms with Gasteiger partial charge in [-0.2, -0.15) is 18.2 Å². The molecule has 1 rings (SSSR count). The van der Waals surface area contributed by atoms with Crippen LogP contribution < -0.4 is 10.5 Å². The molecule has 0 aliphatic carbocycles. The lowest BCUT2D eigenvalue weighted by Gasteiger charge is -2.09. The lowest BCUT2D eigenvalue weighted by molar-refractivity contribution is -0.141. The summed E-state index contributed by atoms with van der Waals surface area (Å²) in [5.41, 5.74) is 4.16. The molecule has 0 unspecified atom stereocenters. The number of halogens is 3. The van der Waals surface area contributed by atoms with Crippen molar-refractivity contribution < 1.29 is 17.9 Å². The first kappa shape index (κ1) is 16.5. The number of anilines is 1. The molecule has 0 amide bonds. The predicted molar refractivity (Wildman–Crippen MR) is 70.3 cm³/mol. The van der Waals surface area contributed by atoms with E-state index in [4.69, 9.17) is 10.5 Å². The molecule has 4 nitrogen and oxygen atoms in total. The highest BCUT2D eigenvalue weighted by Crippen LogP contribution is 2.29. The van der Waals surface area contributed by atoms with E-state index in [2.05, 4.69) is 16.9 Å². The first-order valence-corrected chi connectivity index (χ1v) is 6.78. The summed E-state index contributed by atoms with van der Waals surface area (Å²) in [4.78, 5) is 6.78. The number of nitrogens with zero attached hydrogens (tertiary/aromatic N) is 2. The molecule has 0 saturated heterocycles. The quantitative estimate of drug-likeness (QED) is 0.740. The molecule has 0 aromatic carbocycles. The van der Waals surface area contributed by atoms with Gasteiger partial charge in [0.15, 0.2) is 5.69 Å². The average Bonchev–Trinajstić information content (AvgIpc) is 2.36. The van der Waals surface area contributed by atoms with E-state index < -0.39 is 17.8 Å².